The second-order valence-corrected chi connectivity index (χ2v) is 10.3. The van der Waals surface area contributed by atoms with Gasteiger partial charge in [0.05, 0.1) is 16.3 Å². The number of hydrogen-bond acceptors (Lipinski definition) is 5. The van der Waals surface area contributed by atoms with Crippen molar-refractivity contribution in [1.82, 2.24) is 10.7 Å². The lowest BCUT2D eigenvalue weighted by molar-refractivity contribution is -0.132. The third-order valence-electron chi connectivity index (χ3n) is 5.67. The van der Waals surface area contributed by atoms with Crippen molar-refractivity contribution in [1.29, 1.82) is 0 Å². The van der Waals surface area contributed by atoms with Gasteiger partial charge >= 0.3 is 0 Å². The molecule has 206 valence electrons. The zero-order chi connectivity index (χ0) is 28.6. The molecule has 0 aliphatic heterocycles. The molecule has 0 spiro atoms. The minimum atomic E-state index is -0.950. The number of nitrogens with zero attached hydrogens (tertiary/aromatic N) is 1. The van der Waals surface area contributed by atoms with Gasteiger partial charge in [0.15, 0.2) is 6.10 Å². The largest absolute Gasteiger partial charge is 0.479 e. The van der Waals surface area contributed by atoms with E-state index >= 15 is 0 Å². The van der Waals surface area contributed by atoms with Crippen LogP contribution < -0.4 is 15.5 Å². The number of amides is 2. The molecule has 2 amide bonds. The summed E-state index contributed by atoms with van der Waals surface area (Å²) in [6.07, 6.45) is 0.623. The van der Waals surface area contributed by atoms with E-state index in [1.807, 2.05) is 30.3 Å². The summed E-state index contributed by atoms with van der Waals surface area (Å²) >= 11 is 24.3. The summed E-state index contributed by atoms with van der Waals surface area (Å²) in [5, 5.41) is 8.39. The van der Waals surface area contributed by atoms with Crippen LogP contribution in [-0.4, -0.2) is 30.2 Å². The van der Waals surface area contributed by atoms with E-state index in [0.29, 0.717) is 37.9 Å². The van der Waals surface area contributed by atoms with Crippen LogP contribution in [0.25, 0.3) is 11.3 Å². The first-order valence-corrected chi connectivity index (χ1v) is 13.5. The molecule has 7 nitrogen and oxygen atoms in total. The minimum absolute atomic E-state index is 0.225. The molecule has 0 fully saturated rings. The standard InChI is InChI=1S/C29H23Cl4N3O4/c1-17(39-27-11-8-20(31)15-24(27)33)28(37)35-25(13-18-5-3-2-4-6-18)29(38)36-34-16-21-9-12-26(40-21)22-10-7-19(30)14-23(22)32/h2-12,14-17,25H,13H2,1H3,(H,35,37)(H,36,38)/b34-16-/t17-,25-/m0/s1. The third kappa shape index (κ3) is 8.02. The topological polar surface area (TPSA) is 92.9 Å². The molecule has 0 bridgehead atoms. The summed E-state index contributed by atoms with van der Waals surface area (Å²) in [7, 11) is 0. The first-order valence-electron chi connectivity index (χ1n) is 12.0. The molecular formula is C29H23Cl4N3O4. The number of hydrazone groups is 1. The van der Waals surface area contributed by atoms with Crippen molar-refractivity contribution in [3.8, 4) is 17.1 Å². The Morgan fingerprint density at radius 2 is 1.60 bits per heavy atom. The van der Waals surface area contributed by atoms with E-state index in [9.17, 15) is 9.59 Å². The number of carbonyl (C=O) groups is 2. The molecule has 2 N–H and O–H groups in total. The fourth-order valence-corrected chi connectivity index (χ4v) is 4.61. The lowest BCUT2D eigenvalue weighted by atomic mass is 10.1. The van der Waals surface area contributed by atoms with Gasteiger partial charge in [0.1, 0.15) is 23.3 Å². The van der Waals surface area contributed by atoms with E-state index in [1.165, 1.54) is 12.3 Å². The summed E-state index contributed by atoms with van der Waals surface area (Å²) in [6, 6.07) is 21.5. The Kier molecular flexibility index (Phi) is 10.1. The van der Waals surface area contributed by atoms with Gasteiger partial charge in [-0.25, -0.2) is 5.43 Å². The van der Waals surface area contributed by atoms with Gasteiger partial charge in [0.2, 0.25) is 0 Å². The monoisotopic (exact) mass is 617 g/mol. The van der Waals surface area contributed by atoms with Crippen LogP contribution in [-0.2, 0) is 16.0 Å². The highest BCUT2D eigenvalue weighted by molar-refractivity contribution is 6.36. The van der Waals surface area contributed by atoms with E-state index in [1.54, 1.807) is 49.4 Å². The Bertz CT molecular complexity index is 1520. The van der Waals surface area contributed by atoms with Crippen LogP contribution in [0, 0.1) is 0 Å². The average Bonchev–Trinajstić information content (AvgIpc) is 3.38. The highest BCUT2D eigenvalue weighted by atomic mass is 35.5. The SMILES string of the molecule is C[C@H](Oc1ccc(Cl)cc1Cl)C(=O)N[C@@H](Cc1ccccc1)C(=O)N/N=C\c1ccc(-c2ccc(Cl)cc2Cl)o1. The second kappa shape index (κ2) is 13.7. The van der Waals surface area contributed by atoms with Crippen LogP contribution >= 0.6 is 46.4 Å². The molecule has 0 aliphatic rings. The fraction of sp³-hybridized carbons (Fsp3) is 0.138. The van der Waals surface area contributed by atoms with E-state index < -0.39 is 24.0 Å². The zero-order valence-corrected chi connectivity index (χ0v) is 24.1. The number of hydrogen-bond donors (Lipinski definition) is 2. The first kappa shape index (κ1) is 29.5. The number of ether oxygens (including phenoxy) is 1. The Morgan fingerprint density at radius 3 is 2.30 bits per heavy atom. The van der Waals surface area contributed by atoms with Crippen molar-refractivity contribution in [3.05, 3.63) is 110 Å². The minimum Gasteiger partial charge on any atom is -0.479 e. The molecule has 0 radical (unpaired) electrons. The van der Waals surface area contributed by atoms with Crippen LogP contribution in [0.1, 0.15) is 18.2 Å². The quantitative estimate of drug-likeness (QED) is 0.145. The molecule has 0 saturated carbocycles. The molecule has 1 aromatic heterocycles. The molecule has 40 heavy (non-hydrogen) atoms. The number of carbonyl (C=O) groups excluding carboxylic acids is 2. The molecule has 0 saturated heterocycles. The van der Waals surface area contributed by atoms with Crippen LogP contribution in [0.2, 0.25) is 20.1 Å². The number of benzene rings is 3. The molecule has 1 heterocycles. The lowest BCUT2D eigenvalue weighted by Gasteiger charge is -2.21. The van der Waals surface area contributed by atoms with E-state index in [0.717, 1.165) is 5.56 Å². The van der Waals surface area contributed by atoms with Crippen molar-refractivity contribution in [2.75, 3.05) is 0 Å². The maximum atomic E-state index is 13.1. The Balaban J connectivity index is 1.42. The van der Waals surface area contributed by atoms with Gasteiger partial charge in [-0.05, 0) is 61.0 Å². The summed E-state index contributed by atoms with van der Waals surface area (Å²) in [6.45, 7) is 1.55. The van der Waals surface area contributed by atoms with Gasteiger partial charge in [0, 0.05) is 22.0 Å². The Hall–Kier alpha value is -3.49. The molecular weight excluding hydrogens is 596 g/mol. The fourth-order valence-electron chi connectivity index (χ4n) is 3.66. The number of nitrogens with one attached hydrogen (secondary N) is 2. The van der Waals surface area contributed by atoms with Gasteiger partial charge in [-0.2, -0.15) is 5.10 Å². The highest BCUT2D eigenvalue weighted by Gasteiger charge is 2.25. The van der Waals surface area contributed by atoms with Crippen molar-refractivity contribution < 1.29 is 18.7 Å². The molecule has 4 rings (SSSR count). The number of halogens is 4. The average molecular weight is 619 g/mol. The zero-order valence-electron chi connectivity index (χ0n) is 21.0. The molecule has 4 aromatic rings. The van der Waals surface area contributed by atoms with Crippen molar-refractivity contribution >= 4 is 64.4 Å². The van der Waals surface area contributed by atoms with Gasteiger partial charge in [0.25, 0.3) is 11.8 Å². The van der Waals surface area contributed by atoms with E-state index in [-0.39, 0.29) is 11.4 Å². The van der Waals surface area contributed by atoms with Crippen LogP contribution in [0.3, 0.4) is 0 Å². The van der Waals surface area contributed by atoms with E-state index in [2.05, 4.69) is 15.8 Å². The van der Waals surface area contributed by atoms with Crippen LogP contribution in [0.5, 0.6) is 5.75 Å². The predicted octanol–water partition coefficient (Wildman–Crippen LogP) is 7.21. The van der Waals surface area contributed by atoms with Gasteiger partial charge in [-0.3, -0.25) is 9.59 Å². The molecule has 2 atom stereocenters. The van der Waals surface area contributed by atoms with E-state index in [4.69, 9.17) is 55.6 Å². The summed E-state index contributed by atoms with van der Waals surface area (Å²) in [5.74, 6) is 0.143. The molecule has 3 aromatic carbocycles. The van der Waals surface area contributed by atoms with Crippen molar-refractivity contribution in [2.45, 2.75) is 25.5 Å². The van der Waals surface area contributed by atoms with Gasteiger partial charge < -0.3 is 14.5 Å². The van der Waals surface area contributed by atoms with Crippen LogP contribution in [0.4, 0.5) is 0 Å². The van der Waals surface area contributed by atoms with Gasteiger partial charge in [-0.15, -0.1) is 0 Å². The lowest BCUT2D eigenvalue weighted by Crippen LogP contribution is -2.50. The smallest absolute Gasteiger partial charge is 0.262 e. The maximum absolute atomic E-state index is 13.1. The van der Waals surface area contributed by atoms with Crippen molar-refractivity contribution in [3.63, 3.8) is 0 Å². The highest BCUT2D eigenvalue weighted by Crippen LogP contribution is 2.31. The predicted molar refractivity (Wildman–Crippen MR) is 159 cm³/mol. The first-order chi connectivity index (χ1) is 19.2. The number of furan rings is 1. The maximum Gasteiger partial charge on any atom is 0.262 e. The Morgan fingerprint density at radius 1 is 0.900 bits per heavy atom. The Labute approximate surface area is 251 Å². The molecule has 0 aliphatic carbocycles. The second-order valence-electron chi connectivity index (χ2n) is 8.65. The normalized spacial score (nSPS) is 12.6. The van der Waals surface area contributed by atoms with Crippen LogP contribution in [0.15, 0.2) is 88.4 Å². The summed E-state index contributed by atoms with van der Waals surface area (Å²) in [5.41, 5.74) is 3.97. The number of rotatable bonds is 10. The third-order valence-corrected chi connectivity index (χ3v) is 6.75. The van der Waals surface area contributed by atoms with Gasteiger partial charge in [-0.1, -0.05) is 76.7 Å². The summed E-state index contributed by atoms with van der Waals surface area (Å²) < 4.78 is 11.5. The molecule has 11 heteroatoms. The summed E-state index contributed by atoms with van der Waals surface area (Å²) in [4.78, 5) is 26.0. The van der Waals surface area contributed by atoms with Crippen molar-refractivity contribution in [2.24, 2.45) is 5.10 Å². The molecule has 0 unspecified atom stereocenters.